The van der Waals surface area contributed by atoms with Gasteiger partial charge in [-0.15, -0.1) is 0 Å². The van der Waals surface area contributed by atoms with Gasteiger partial charge in [0.1, 0.15) is 0 Å². The lowest BCUT2D eigenvalue weighted by molar-refractivity contribution is 0.0914. The molecule has 2 fully saturated rings. The molecule has 0 spiro atoms. The number of nitrogens with one attached hydrogen (secondary N) is 2. The van der Waals surface area contributed by atoms with Crippen molar-refractivity contribution >= 4 is 16.8 Å². The highest BCUT2D eigenvalue weighted by atomic mass is 16.2. The Balaban J connectivity index is 1.24. The molecule has 1 aliphatic carbocycles. The Kier molecular flexibility index (Phi) is 5.29. The molecule has 1 amide bonds. The van der Waals surface area contributed by atoms with Crippen LogP contribution >= 0.6 is 0 Å². The maximum atomic E-state index is 13.0. The van der Waals surface area contributed by atoms with Crippen molar-refractivity contribution in [3.8, 4) is 11.1 Å². The van der Waals surface area contributed by atoms with Crippen molar-refractivity contribution in [1.29, 1.82) is 0 Å². The van der Waals surface area contributed by atoms with Crippen LogP contribution < -0.4 is 5.32 Å². The van der Waals surface area contributed by atoms with E-state index in [1.165, 1.54) is 45.3 Å². The number of aromatic amines is 1. The van der Waals surface area contributed by atoms with E-state index in [0.717, 1.165) is 40.8 Å². The number of benzene rings is 1. The lowest BCUT2D eigenvalue weighted by atomic mass is 9.85. The average Bonchev–Trinajstić information content (AvgIpc) is 3.50. The van der Waals surface area contributed by atoms with E-state index in [4.69, 9.17) is 0 Å². The lowest BCUT2D eigenvalue weighted by Gasteiger charge is -2.31. The Morgan fingerprint density at radius 1 is 1.17 bits per heavy atom. The fourth-order valence-corrected chi connectivity index (χ4v) is 5.01. The Bertz CT molecular complexity index is 1020. The molecule has 0 atom stereocenters. The number of aromatic nitrogens is 4. The molecule has 7 heteroatoms. The van der Waals surface area contributed by atoms with Crippen molar-refractivity contribution in [2.45, 2.75) is 44.6 Å². The Morgan fingerprint density at radius 3 is 2.70 bits per heavy atom. The number of likely N-dealkylation sites (tertiary alicyclic amines) is 1. The van der Waals surface area contributed by atoms with Crippen LogP contribution in [0.25, 0.3) is 22.0 Å². The molecule has 1 saturated carbocycles. The summed E-state index contributed by atoms with van der Waals surface area (Å²) in [5.41, 5.74) is 3.42. The van der Waals surface area contributed by atoms with Crippen LogP contribution in [0.4, 0.5) is 0 Å². The smallest absolute Gasteiger partial charge is 0.272 e. The first-order valence-electron chi connectivity index (χ1n) is 11.2. The molecule has 5 rings (SSSR count). The number of fused-ring (bicyclic) bond motifs is 1. The molecule has 1 aromatic carbocycles. The summed E-state index contributed by atoms with van der Waals surface area (Å²) in [5.74, 6) is 0.706. The summed E-state index contributed by atoms with van der Waals surface area (Å²) < 4.78 is 1.78. The van der Waals surface area contributed by atoms with Crippen LogP contribution in [0, 0.1) is 5.92 Å². The van der Waals surface area contributed by atoms with Gasteiger partial charge >= 0.3 is 0 Å². The Hall–Kier alpha value is -2.67. The van der Waals surface area contributed by atoms with Gasteiger partial charge < -0.3 is 10.2 Å². The monoisotopic (exact) mass is 406 g/mol. The van der Waals surface area contributed by atoms with Crippen molar-refractivity contribution in [2.75, 3.05) is 19.6 Å². The van der Waals surface area contributed by atoms with Gasteiger partial charge in [-0.3, -0.25) is 14.6 Å². The second-order valence-corrected chi connectivity index (χ2v) is 8.93. The number of hydrogen-bond donors (Lipinski definition) is 2. The van der Waals surface area contributed by atoms with Gasteiger partial charge in [-0.05, 0) is 75.2 Å². The van der Waals surface area contributed by atoms with Crippen molar-refractivity contribution in [3.63, 3.8) is 0 Å². The van der Waals surface area contributed by atoms with Crippen LogP contribution in [0.3, 0.4) is 0 Å². The van der Waals surface area contributed by atoms with Gasteiger partial charge in [-0.1, -0.05) is 6.07 Å². The van der Waals surface area contributed by atoms with E-state index in [1.54, 1.807) is 4.68 Å². The average molecular weight is 407 g/mol. The molecule has 0 bridgehead atoms. The van der Waals surface area contributed by atoms with Crippen molar-refractivity contribution < 1.29 is 4.79 Å². The van der Waals surface area contributed by atoms with E-state index in [1.807, 2.05) is 37.6 Å². The largest absolute Gasteiger partial charge is 0.348 e. The zero-order chi connectivity index (χ0) is 20.5. The van der Waals surface area contributed by atoms with Gasteiger partial charge in [-0.25, -0.2) is 0 Å². The summed E-state index contributed by atoms with van der Waals surface area (Å²) >= 11 is 0. The molecule has 0 unspecified atom stereocenters. The lowest BCUT2D eigenvalue weighted by Crippen LogP contribution is -2.39. The molecule has 1 saturated heterocycles. The van der Waals surface area contributed by atoms with Crippen LogP contribution in [0.2, 0.25) is 0 Å². The molecule has 2 aliphatic rings. The van der Waals surface area contributed by atoms with Gasteiger partial charge in [0, 0.05) is 36.8 Å². The van der Waals surface area contributed by atoms with Gasteiger partial charge in [0.2, 0.25) is 0 Å². The first-order valence-corrected chi connectivity index (χ1v) is 11.2. The summed E-state index contributed by atoms with van der Waals surface area (Å²) in [6, 6.07) is 6.28. The summed E-state index contributed by atoms with van der Waals surface area (Å²) in [5, 5.41) is 15.7. The predicted octanol–water partition coefficient (Wildman–Crippen LogP) is 3.35. The second kappa shape index (κ2) is 8.22. The summed E-state index contributed by atoms with van der Waals surface area (Å²) in [6.45, 7) is 3.77. The third-order valence-electron chi connectivity index (χ3n) is 6.71. The van der Waals surface area contributed by atoms with E-state index >= 15 is 0 Å². The van der Waals surface area contributed by atoms with E-state index in [9.17, 15) is 4.79 Å². The zero-order valence-electron chi connectivity index (χ0n) is 17.6. The van der Waals surface area contributed by atoms with Crippen LogP contribution in [0.5, 0.6) is 0 Å². The quantitative estimate of drug-likeness (QED) is 0.681. The molecular formula is C23H30N6O. The van der Waals surface area contributed by atoms with E-state index < -0.39 is 0 Å². The highest BCUT2D eigenvalue weighted by Gasteiger charge is 2.26. The summed E-state index contributed by atoms with van der Waals surface area (Å²) in [6.07, 6.45) is 11.0. The van der Waals surface area contributed by atoms with E-state index in [2.05, 4.69) is 25.5 Å². The van der Waals surface area contributed by atoms with Crippen molar-refractivity contribution in [3.05, 3.63) is 36.3 Å². The predicted molar refractivity (Wildman–Crippen MR) is 117 cm³/mol. The number of carbonyl (C=O) groups is 1. The van der Waals surface area contributed by atoms with Crippen LogP contribution in [-0.2, 0) is 7.05 Å². The molecule has 3 aromatic rings. The standard InChI is InChI=1S/C23H30N6O/c1-28-15-18(13-24-28)17-6-9-21-20(12-17)22(27-26-21)23(30)25-19-7-4-16(5-8-19)14-29-10-2-3-11-29/h6,9,12-13,15-16,19H,2-5,7-8,10-11,14H2,1H3,(H,25,30)(H,26,27). The maximum absolute atomic E-state index is 13.0. The Morgan fingerprint density at radius 2 is 1.97 bits per heavy atom. The van der Waals surface area contributed by atoms with E-state index in [-0.39, 0.29) is 11.9 Å². The van der Waals surface area contributed by atoms with Crippen LogP contribution in [-0.4, -0.2) is 56.5 Å². The van der Waals surface area contributed by atoms with Gasteiger partial charge in [0.15, 0.2) is 5.69 Å². The highest BCUT2D eigenvalue weighted by molar-refractivity contribution is 6.05. The molecule has 30 heavy (non-hydrogen) atoms. The SMILES string of the molecule is Cn1cc(-c2ccc3[nH]nc(C(=O)NC4CCC(CN5CCCC5)CC4)c3c2)cn1. The molecule has 7 nitrogen and oxygen atoms in total. The number of nitrogens with zero attached hydrogens (tertiary/aromatic N) is 4. The third-order valence-corrected chi connectivity index (χ3v) is 6.71. The molecule has 2 aromatic heterocycles. The number of carbonyl (C=O) groups excluding carboxylic acids is 1. The summed E-state index contributed by atoms with van der Waals surface area (Å²) in [7, 11) is 1.90. The number of H-pyrrole nitrogens is 1. The fourth-order valence-electron chi connectivity index (χ4n) is 5.01. The number of rotatable bonds is 5. The highest BCUT2D eigenvalue weighted by Crippen LogP contribution is 2.28. The minimum Gasteiger partial charge on any atom is -0.348 e. The number of hydrogen-bond acceptors (Lipinski definition) is 4. The first-order chi connectivity index (χ1) is 14.7. The first kappa shape index (κ1) is 19.3. The van der Waals surface area contributed by atoms with E-state index in [0.29, 0.717) is 5.69 Å². The Labute approximate surface area is 176 Å². The van der Waals surface area contributed by atoms with Gasteiger partial charge in [0.25, 0.3) is 5.91 Å². The molecule has 0 radical (unpaired) electrons. The van der Waals surface area contributed by atoms with Crippen molar-refractivity contribution in [1.82, 2.24) is 30.2 Å². The minimum absolute atomic E-state index is 0.0763. The van der Waals surface area contributed by atoms with Crippen LogP contribution in [0.15, 0.2) is 30.6 Å². The van der Waals surface area contributed by atoms with Crippen LogP contribution in [0.1, 0.15) is 49.0 Å². The van der Waals surface area contributed by atoms with Crippen molar-refractivity contribution in [2.24, 2.45) is 13.0 Å². The minimum atomic E-state index is -0.0763. The number of aryl methyl sites for hydroxylation is 1. The summed E-state index contributed by atoms with van der Waals surface area (Å²) in [4.78, 5) is 15.6. The number of amides is 1. The van der Waals surface area contributed by atoms with Gasteiger partial charge in [-0.2, -0.15) is 10.2 Å². The molecule has 2 N–H and O–H groups in total. The molecular weight excluding hydrogens is 376 g/mol. The van der Waals surface area contributed by atoms with Gasteiger partial charge in [0.05, 0.1) is 11.7 Å². The second-order valence-electron chi connectivity index (χ2n) is 8.93. The fraction of sp³-hybridized carbons (Fsp3) is 0.522. The molecule has 158 valence electrons. The third kappa shape index (κ3) is 3.99. The molecule has 1 aliphatic heterocycles. The zero-order valence-corrected chi connectivity index (χ0v) is 17.6. The molecule has 3 heterocycles. The normalized spacial score (nSPS) is 22.6. The maximum Gasteiger partial charge on any atom is 0.272 e. The topological polar surface area (TPSA) is 78.8 Å².